The van der Waals surface area contributed by atoms with Gasteiger partial charge in [-0.05, 0) is 23.6 Å². The number of hydrogen-bond donors (Lipinski definition) is 1. The standard InChI is InChI=1S/C14H16N2O/c1-10-7-14(9-15-10)13-5-3-12(4-6-13)8-16-11(2)17/h3-6,9H,7-8H2,1-2H3,(H,16,17). The third-order valence-corrected chi connectivity index (χ3v) is 2.75. The Labute approximate surface area is 101 Å². The van der Waals surface area contributed by atoms with E-state index in [4.69, 9.17) is 0 Å². The number of allylic oxidation sites excluding steroid dienone is 1. The Morgan fingerprint density at radius 3 is 2.59 bits per heavy atom. The normalized spacial score (nSPS) is 14.2. The molecule has 17 heavy (non-hydrogen) atoms. The maximum absolute atomic E-state index is 10.8. The van der Waals surface area contributed by atoms with Crippen LogP contribution in [0.15, 0.2) is 35.5 Å². The minimum atomic E-state index is -0.00315. The number of carbonyl (C=O) groups excluding carboxylic acids is 1. The molecule has 1 aromatic carbocycles. The van der Waals surface area contributed by atoms with Crippen molar-refractivity contribution in [1.29, 1.82) is 0 Å². The number of nitrogens with zero attached hydrogens (tertiary/aromatic N) is 1. The van der Waals surface area contributed by atoms with Crippen LogP contribution in [0.1, 0.15) is 31.4 Å². The van der Waals surface area contributed by atoms with Crippen molar-refractivity contribution >= 4 is 17.2 Å². The molecule has 0 atom stereocenters. The summed E-state index contributed by atoms with van der Waals surface area (Å²) in [5.74, 6) is -0.00315. The van der Waals surface area contributed by atoms with E-state index in [-0.39, 0.29) is 5.91 Å². The van der Waals surface area contributed by atoms with Gasteiger partial charge in [0, 0.05) is 31.8 Å². The quantitative estimate of drug-likeness (QED) is 0.848. The van der Waals surface area contributed by atoms with E-state index in [0.717, 1.165) is 17.7 Å². The van der Waals surface area contributed by atoms with Gasteiger partial charge in [0.2, 0.25) is 5.91 Å². The van der Waals surface area contributed by atoms with Crippen LogP contribution in [0.25, 0.3) is 5.57 Å². The van der Waals surface area contributed by atoms with Crippen LogP contribution in [0.3, 0.4) is 0 Å². The molecule has 1 N–H and O–H groups in total. The van der Waals surface area contributed by atoms with Crippen molar-refractivity contribution in [3.63, 3.8) is 0 Å². The Hall–Kier alpha value is -1.90. The lowest BCUT2D eigenvalue weighted by Gasteiger charge is -2.05. The van der Waals surface area contributed by atoms with E-state index in [1.807, 2.05) is 25.3 Å². The van der Waals surface area contributed by atoms with E-state index >= 15 is 0 Å². The molecular weight excluding hydrogens is 212 g/mol. The molecule has 3 nitrogen and oxygen atoms in total. The summed E-state index contributed by atoms with van der Waals surface area (Å²) in [5.41, 5.74) is 4.73. The predicted molar refractivity (Wildman–Crippen MR) is 69.7 cm³/mol. The second-order valence-electron chi connectivity index (χ2n) is 4.30. The molecule has 0 unspecified atom stereocenters. The number of amides is 1. The molecule has 2 rings (SSSR count). The monoisotopic (exact) mass is 228 g/mol. The van der Waals surface area contributed by atoms with Gasteiger partial charge in [-0.2, -0.15) is 0 Å². The lowest BCUT2D eigenvalue weighted by Crippen LogP contribution is -2.18. The van der Waals surface area contributed by atoms with Crippen molar-refractivity contribution < 1.29 is 4.79 Å². The van der Waals surface area contributed by atoms with Crippen molar-refractivity contribution in [2.75, 3.05) is 0 Å². The van der Waals surface area contributed by atoms with Crippen LogP contribution in [-0.2, 0) is 11.3 Å². The lowest BCUT2D eigenvalue weighted by molar-refractivity contribution is -0.119. The van der Waals surface area contributed by atoms with Gasteiger partial charge in [-0.25, -0.2) is 0 Å². The first-order valence-corrected chi connectivity index (χ1v) is 5.71. The Morgan fingerprint density at radius 1 is 1.35 bits per heavy atom. The Morgan fingerprint density at radius 2 is 2.06 bits per heavy atom. The fourth-order valence-corrected chi connectivity index (χ4v) is 1.79. The van der Waals surface area contributed by atoms with Crippen molar-refractivity contribution in [1.82, 2.24) is 5.32 Å². The van der Waals surface area contributed by atoms with E-state index in [2.05, 4.69) is 22.4 Å². The van der Waals surface area contributed by atoms with E-state index in [1.165, 1.54) is 18.1 Å². The van der Waals surface area contributed by atoms with Crippen molar-refractivity contribution in [2.45, 2.75) is 26.8 Å². The third-order valence-electron chi connectivity index (χ3n) is 2.75. The summed E-state index contributed by atoms with van der Waals surface area (Å²) in [6.45, 7) is 4.15. The van der Waals surface area contributed by atoms with E-state index in [0.29, 0.717) is 6.54 Å². The van der Waals surface area contributed by atoms with E-state index in [1.54, 1.807) is 0 Å². The molecule has 0 saturated carbocycles. The molecule has 0 aliphatic carbocycles. The summed E-state index contributed by atoms with van der Waals surface area (Å²) in [6, 6.07) is 8.24. The fourth-order valence-electron chi connectivity index (χ4n) is 1.79. The molecule has 1 aromatic rings. The number of aliphatic imine (C=N–C) groups is 1. The molecule has 3 heteroatoms. The first-order valence-electron chi connectivity index (χ1n) is 5.71. The number of carbonyl (C=O) groups is 1. The summed E-state index contributed by atoms with van der Waals surface area (Å²) in [4.78, 5) is 15.1. The minimum absolute atomic E-state index is 0.00315. The average molecular weight is 228 g/mol. The average Bonchev–Trinajstić information content (AvgIpc) is 2.74. The Kier molecular flexibility index (Phi) is 3.38. The Bertz CT molecular complexity index is 483. The molecule has 1 aliphatic heterocycles. The van der Waals surface area contributed by atoms with Crippen LogP contribution in [0, 0.1) is 0 Å². The minimum Gasteiger partial charge on any atom is -0.352 e. The van der Waals surface area contributed by atoms with Crippen molar-refractivity contribution in [3.05, 3.63) is 41.6 Å². The molecule has 0 spiro atoms. The zero-order valence-electron chi connectivity index (χ0n) is 10.2. The molecule has 1 amide bonds. The number of benzene rings is 1. The SMILES string of the molecule is CC(=O)NCc1ccc(C2=CN=C(C)C2)cc1. The summed E-state index contributed by atoms with van der Waals surface area (Å²) < 4.78 is 0. The molecule has 0 aromatic heterocycles. The van der Waals surface area contributed by atoms with Crippen LogP contribution in [0.4, 0.5) is 0 Å². The highest BCUT2D eigenvalue weighted by atomic mass is 16.1. The van der Waals surface area contributed by atoms with Crippen molar-refractivity contribution in [2.24, 2.45) is 4.99 Å². The second-order valence-corrected chi connectivity index (χ2v) is 4.30. The summed E-state index contributed by atoms with van der Waals surface area (Å²) in [7, 11) is 0. The number of rotatable bonds is 3. The van der Waals surface area contributed by atoms with Gasteiger partial charge in [-0.3, -0.25) is 9.79 Å². The third kappa shape index (κ3) is 3.03. The summed E-state index contributed by atoms with van der Waals surface area (Å²) >= 11 is 0. The van der Waals surface area contributed by atoms with Gasteiger partial charge < -0.3 is 5.32 Å². The van der Waals surface area contributed by atoms with E-state index < -0.39 is 0 Å². The first kappa shape index (κ1) is 11.6. The molecule has 1 heterocycles. The maximum Gasteiger partial charge on any atom is 0.217 e. The number of nitrogens with one attached hydrogen (secondary N) is 1. The fraction of sp³-hybridized carbons (Fsp3) is 0.286. The van der Waals surface area contributed by atoms with Crippen LogP contribution >= 0.6 is 0 Å². The van der Waals surface area contributed by atoms with Gasteiger partial charge in [-0.15, -0.1) is 0 Å². The summed E-state index contributed by atoms with van der Waals surface area (Å²) in [6.07, 6.45) is 2.86. The predicted octanol–water partition coefficient (Wildman–Crippen LogP) is 2.53. The van der Waals surface area contributed by atoms with E-state index in [9.17, 15) is 4.79 Å². The van der Waals surface area contributed by atoms with Gasteiger partial charge in [0.25, 0.3) is 0 Å². The molecule has 0 saturated heterocycles. The van der Waals surface area contributed by atoms with Crippen LogP contribution < -0.4 is 5.32 Å². The van der Waals surface area contributed by atoms with Crippen LogP contribution in [-0.4, -0.2) is 11.6 Å². The van der Waals surface area contributed by atoms with Crippen LogP contribution in [0.5, 0.6) is 0 Å². The smallest absolute Gasteiger partial charge is 0.217 e. The molecule has 0 bridgehead atoms. The van der Waals surface area contributed by atoms with Gasteiger partial charge in [-0.1, -0.05) is 24.3 Å². The zero-order chi connectivity index (χ0) is 12.3. The zero-order valence-corrected chi connectivity index (χ0v) is 10.2. The Balaban J connectivity index is 2.01. The second kappa shape index (κ2) is 4.95. The van der Waals surface area contributed by atoms with Crippen LogP contribution in [0.2, 0.25) is 0 Å². The molecule has 1 aliphatic rings. The number of hydrogen-bond acceptors (Lipinski definition) is 2. The van der Waals surface area contributed by atoms with Crippen molar-refractivity contribution in [3.8, 4) is 0 Å². The molecule has 0 radical (unpaired) electrons. The first-order chi connectivity index (χ1) is 8.15. The largest absolute Gasteiger partial charge is 0.352 e. The van der Waals surface area contributed by atoms with Gasteiger partial charge >= 0.3 is 0 Å². The lowest BCUT2D eigenvalue weighted by atomic mass is 10.0. The van der Waals surface area contributed by atoms with Gasteiger partial charge in [0.15, 0.2) is 0 Å². The molecule has 0 fully saturated rings. The van der Waals surface area contributed by atoms with Gasteiger partial charge in [0.05, 0.1) is 0 Å². The van der Waals surface area contributed by atoms with Gasteiger partial charge in [0.1, 0.15) is 0 Å². The highest BCUT2D eigenvalue weighted by molar-refractivity contribution is 5.96. The molecular formula is C14H16N2O. The topological polar surface area (TPSA) is 41.5 Å². The maximum atomic E-state index is 10.8. The summed E-state index contributed by atoms with van der Waals surface area (Å²) in [5, 5.41) is 2.78. The molecule has 88 valence electrons. The highest BCUT2D eigenvalue weighted by Gasteiger charge is 2.08. The highest BCUT2D eigenvalue weighted by Crippen LogP contribution is 2.23.